The number of hydrogen-bond acceptors (Lipinski definition) is 2. The van der Waals surface area contributed by atoms with E-state index in [2.05, 4.69) is 0 Å². The average molecular weight is 172 g/mol. The first-order valence-corrected chi connectivity index (χ1v) is 3.87. The van der Waals surface area contributed by atoms with Crippen LogP contribution in [0, 0.1) is 10.8 Å². The minimum atomic E-state index is -1.51. The smallest absolute Gasteiger partial charge is 0.321 e. The van der Waals surface area contributed by atoms with Crippen LogP contribution in [-0.4, -0.2) is 22.2 Å². The van der Waals surface area contributed by atoms with Crippen LogP contribution in [0.25, 0.3) is 0 Å². The fourth-order valence-corrected chi connectivity index (χ4v) is 1.73. The molecule has 0 aliphatic heterocycles. The summed E-state index contributed by atoms with van der Waals surface area (Å²) in [5, 5.41) is 17.5. The van der Waals surface area contributed by atoms with E-state index in [-0.39, 0.29) is 6.42 Å². The van der Waals surface area contributed by atoms with Gasteiger partial charge in [0.2, 0.25) is 0 Å². The van der Waals surface area contributed by atoms with Crippen molar-refractivity contribution in [3.8, 4) is 0 Å². The van der Waals surface area contributed by atoms with E-state index >= 15 is 0 Å². The van der Waals surface area contributed by atoms with E-state index in [0.717, 1.165) is 0 Å². The van der Waals surface area contributed by atoms with Crippen molar-refractivity contribution >= 4 is 11.9 Å². The lowest BCUT2D eigenvalue weighted by Gasteiger charge is -2.12. The Bertz CT molecular complexity index is 231. The summed E-state index contributed by atoms with van der Waals surface area (Å²) >= 11 is 0. The van der Waals surface area contributed by atoms with Crippen LogP contribution in [0.1, 0.15) is 26.7 Å². The summed E-state index contributed by atoms with van der Waals surface area (Å²) in [4.78, 5) is 21.4. The van der Waals surface area contributed by atoms with Crippen molar-refractivity contribution in [3.05, 3.63) is 0 Å². The molecular weight excluding hydrogens is 160 g/mol. The van der Waals surface area contributed by atoms with E-state index in [0.29, 0.717) is 6.42 Å². The zero-order chi connectivity index (χ0) is 9.57. The molecule has 0 radical (unpaired) electrons. The highest BCUT2D eigenvalue weighted by Gasteiger charge is 2.74. The summed E-state index contributed by atoms with van der Waals surface area (Å²) in [7, 11) is 0. The lowest BCUT2D eigenvalue weighted by Crippen LogP contribution is -2.30. The van der Waals surface area contributed by atoms with Gasteiger partial charge in [-0.3, -0.25) is 9.59 Å². The normalized spacial score (nSPS) is 31.2. The van der Waals surface area contributed by atoms with E-state index in [4.69, 9.17) is 10.2 Å². The summed E-state index contributed by atoms with van der Waals surface area (Å²) in [5.74, 6) is -2.42. The molecule has 4 nitrogen and oxygen atoms in total. The molecular formula is C8H12O4. The Labute approximate surface area is 70.2 Å². The largest absolute Gasteiger partial charge is 0.480 e. The van der Waals surface area contributed by atoms with Gasteiger partial charge in [0, 0.05) is 0 Å². The first kappa shape index (κ1) is 9.03. The standard InChI is InChI=1S/C8H12O4/c1-3-7(2)4-8(7,5(9)10)6(11)12/h3-4H2,1-2H3,(H,9,10)(H,11,12)/t7-/m1/s1. The van der Waals surface area contributed by atoms with Crippen molar-refractivity contribution in [3.63, 3.8) is 0 Å². The molecule has 1 fully saturated rings. The van der Waals surface area contributed by atoms with Gasteiger partial charge in [-0.05, 0) is 18.3 Å². The zero-order valence-electron chi connectivity index (χ0n) is 7.13. The lowest BCUT2D eigenvalue weighted by molar-refractivity contribution is -0.159. The Morgan fingerprint density at radius 3 is 1.83 bits per heavy atom. The second kappa shape index (κ2) is 2.21. The monoisotopic (exact) mass is 172 g/mol. The molecule has 0 aromatic carbocycles. The predicted molar refractivity (Wildman–Crippen MR) is 40.7 cm³/mol. The Hall–Kier alpha value is -1.06. The highest BCUT2D eigenvalue weighted by molar-refractivity contribution is 6.03. The quantitative estimate of drug-likeness (QED) is 0.622. The van der Waals surface area contributed by atoms with E-state index in [1.54, 1.807) is 6.92 Å². The van der Waals surface area contributed by atoms with Crippen LogP contribution >= 0.6 is 0 Å². The fraction of sp³-hybridized carbons (Fsp3) is 0.750. The minimum Gasteiger partial charge on any atom is -0.480 e. The van der Waals surface area contributed by atoms with Crippen LogP contribution < -0.4 is 0 Å². The van der Waals surface area contributed by atoms with Gasteiger partial charge in [-0.25, -0.2) is 0 Å². The van der Waals surface area contributed by atoms with Crippen molar-refractivity contribution in [2.24, 2.45) is 10.8 Å². The van der Waals surface area contributed by atoms with Crippen molar-refractivity contribution < 1.29 is 19.8 Å². The van der Waals surface area contributed by atoms with Gasteiger partial charge in [0.15, 0.2) is 5.41 Å². The molecule has 1 rings (SSSR count). The third-order valence-corrected chi connectivity index (χ3v) is 3.07. The number of carbonyl (C=O) groups is 2. The number of carboxylic acids is 2. The second-order valence-corrected chi connectivity index (χ2v) is 3.61. The van der Waals surface area contributed by atoms with Crippen LogP contribution in [0.2, 0.25) is 0 Å². The molecule has 68 valence electrons. The molecule has 0 aromatic rings. The highest BCUT2D eigenvalue weighted by atomic mass is 16.4. The molecule has 1 saturated carbocycles. The topological polar surface area (TPSA) is 74.6 Å². The maximum absolute atomic E-state index is 10.7. The Morgan fingerprint density at radius 1 is 1.33 bits per heavy atom. The summed E-state index contributed by atoms with van der Waals surface area (Å²) in [5.41, 5.74) is -2.06. The van der Waals surface area contributed by atoms with Crippen LogP contribution in [0.5, 0.6) is 0 Å². The lowest BCUT2D eigenvalue weighted by atomic mass is 9.92. The van der Waals surface area contributed by atoms with Gasteiger partial charge in [0.1, 0.15) is 0 Å². The molecule has 0 spiro atoms. The van der Waals surface area contributed by atoms with Gasteiger partial charge < -0.3 is 10.2 Å². The third-order valence-electron chi connectivity index (χ3n) is 3.07. The molecule has 0 heterocycles. The van der Waals surface area contributed by atoms with Crippen LogP contribution in [0.3, 0.4) is 0 Å². The van der Waals surface area contributed by atoms with Gasteiger partial charge in [0.25, 0.3) is 0 Å². The molecule has 0 bridgehead atoms. The maximum atomic E-state index is 10.7. The van der Waals surface area contributed by atoms with Crippen molar-refractivity contribution in [1.29, 1.82) is 0 Å². The highest BCUT2D eigenvalue weighted by Crippen LogP contribution is 2.65. The van der Waals surface area contributed by atoms with Crippen molar-refractivity contribution in [2.45, 2.75) is 26.7 Å². The van der Waals surface area contributed by atoms with Gasteiger partial charge in [-0.1, -0.05) is 13.8 Å². The maximum Gasteiger partial charge on any atom is 0.321 e. The van der Waals surface area contributed by atoms with Gasteiger partial charge in [-0.2, -0.15) is 0 Å². The summed E-state index contributed by atoms with van der Waals surface area (Å²) in [6.45, 7) is 3.52. The van der Waals surface area contributed by atoms with E-state index in [9.17, 15) is 9.59 Å². The first-order valence-electron chi connectivity index (χ1n) is 3.87. The fourth-order valence-electron chi connectivity index (χ4n) is 1.73. The first-order chi connectivity index (χ1) is 5.40. The van der Waals surface area contributed by atoms with Crippen molar-refractivity contribution in [1.82, 2.24) is 0 Å². The molecule has 1 atom stereocenters. The molecule has 1 aliphatic rings. The van der Waals surface area contributed by atoms with Crippen LogP contribution in [0.4, 0.5) is 0 Å². The molecule has 0 aromatic heterocycles. The van der Waals surface area contributed by atoms with Crippen LogP contribution in [-0.2, 0) is 9.59 Å². The summed E-state index contributed by atoms with van der Waals surface area (Å²) in [6, 6.07) is 0. The van der Waals surface area contributed by atoms with E-state index in [1.807, 2.05) is 6.92 Å². The number of hydrogen-bond donors (Lipinski definition) is 2. The molecule has 0 unspecified atom stereocenters. The zero-order valence-corrected chi connectivity index (χ0v) is 7.13. The van der Waals surface area contributed by atoms with E-state index < -0.39 is 22.8 Å². The summed E-state index contributed by atoms with van der Waals surface area (Å²) < 4.78 is 0. The summed E-state index contributed by atoms with van der Waals surface area (Å²) in [6.07, 6.45) is 0.840. The Kier molecular flexibility index (Phi) is 1.67. The molecule has 4 heteroatoms. The second-order valence-electron chi connectivity index (χ2n) is 3.61. The Balaban J connectivity index is 2.97. The Morgan fingerprint density at radius 2 is 1.75 bits per heavy atom. The molecule has 0 amide bonds. The van der Waals surface area contributed by atoms with Gasteiger partial charge in [0.05, 0.1) is 0 Å². The van der Waals surface area contributed by atoms with Gasteiger partial charge in [-0.15, -0.1) is 0 Å². The predicted octanol–water partition coefficient (Wildman–Crippen LogP) is 0.962. The SMILES string of the molecule is CC[C@]1(C)CC1(C(=O)O)C(=O)O. The number of carboxylic acid groups (broad SMARTS) is 2. The average Bonchev–Trinajstić information content (AvgIpc) is 2.59. The van der Waals surface area contributed by atoms with Crippen LogP contribution in [0.15, 0.2) is 0 Å². The minimum absolute atomic E-state index is 0.251. The molecule has 2 N–H and O–H groups in total. The molecule has 12 heavy (non-hydrogen) atoms. The molecule has 1 aliphatic carbocycles. The van der Waals surface area contributed by atoms with Crippen molar-refractivity contribution in [2.75, 3.05) is 0 Å². The number of aliphatic carboxylic acids is 2. The molecule has 0 saturated heterocycles. The number of rotatable bonds is 3. The third kappa shape index (κ3) is 0.777. The van der Waals surface area contributed by atoms with E-state index in [1.165, 1.54) is 0 Å². The van der Waals surface area contributed by atoms with Gasteiger partial charge >= 0.3 is 11.9 Å².